The average molecular weight is 426 g/mol. The van der Waals surface area contributed by atoms with E-state index in [9.17, 15) is 0 Å². The molecule has 0 atom stereocenters. The zero-order chi connectivity index (χ0) is 20.9. The van der Waals surface area contributed by atoms with Crippen molar-refractivity contribution in [2.75, 3.05) is 0 Å². The summed E-state index contributed by atoms with van der Waals surface area (Å²) in [7, 11) is -0.218. The first-order chi connectivity index (χ1) is 14.9. The number of unbranched alkanes of at least 4 members (excludes halogenated alkanes) is 6. The van der Waals surface area contributed by atoms with Crippen LogP contribution >= 0.6 is 0 Å². The van der Waals surface area contributed by atoms with Gasteiger partial charge in [0, 0.05) is 0 Å². The molecule has 3 rings (SSSR count). The summed E-state index contributed by atoms with van der Waals surface area (Å²) in [6.45, 7) is 2.29. The van der Waals surface area contributed by atoms with Crippen LogP contribution in [0.3, 0.4) is 0 Å². The zero-order valence-electron chi connectivity index (χ0n) is 18.2. The summed E-state index contributed by atoms with van der Waals surface area (Å²) in [4.78, 5) is 1.65. The van der Waals surface area contributed by atoms with Crippen LogP contribution in [0, 0.1) is 0 Å². The van der Waals surface area contributed by atoms with Gasteiger partial charge in [0.25, 0.3) is 0 Å². The molecule has 3 radical (unpaired) electrons. The van der Waals surface area contributed by atoms with Gasteiger partial charge in [-0.05, 0) is 12.8 Å². The van der Waals surface area contributed by atoms with Crippen LogP contribution in [-0.2, 0) is 0 Å². The highest BCUT2D eigenvalue weighted by molar-refractivity contribution is 7.00. The van der Waals surface area contributed by atoms with Gasteiger partial charge in [0.2, 0.25) is 0 Å². The van der Waals surface area contributed by atoms with Crippen molar-refractivity contribution in [1.29, 1.82) is 0 Å². The molecule has 30 heavy (non-hydrogen) atoms. The molecule has 0 aliphatic rings. The maximum Gasteiger partial charge on any atom is 0.146 e. The molecule has 3 aromatic carbocycles. The van der Waals surface area contributed by atoms with Crippen LogP contribution in [0.15, 0.2) is 102 Å². The maximum absolute atomic E-state index is 2.60. The van der Waals surface area contributed by atoms with E-state index < -0.39 is 8.80 Å². The van der Waals surface area contributed by atoms with Crippen molar-refractivity contribution in [2.45, 2.75) is 51.9 Å². The molecule has 3 aromatic rings. The second kappa shape index (κ2) is 13.2. The molecule has 0 aliphatic heterocycles. The van der Waals surface area contributed by atoms with Crippen LogP contribution in [0.25, 0.3) is 0 Å². The minimum Gasteiger partial charge on any atom is -0.0925 e. The molecule has 0 spiro atoms. The van der Waals surface area contributed by atoms with E-state index >= 15 is 0 Å². The Morgan fingerprint density at radius 1 is 0.667 bits per heavy atom. The lowest BCUT2D eigenvalue weighted by molar-refractivity contribution is 0.611. The van der Waals surface area contributed by atoms with Crippen molar-refractivity contribution < 1.29 is 0 Å². The SMILES string of the molecule is CCCCCCCC/C=C(/[Si]c1ccccc1)[Si](c1ccccc1)c1ccccc1. The van der Waals surface area contributed by atoms with E-state index in [2.05, 4.69) is 104 Å². The van der Waals surface area contributed by atoms with E-state index in [4.69, 9.17) is 0 Å². The van der Waals surface area contributed by atoms with Gasteiger partial charge in [-0.25, -0.2) is 0 Å². The van der Waals surface area contributed by atoms with Crippen molar-refractivity contribution in [2.24, 2.45) is 0 Å². The standard InChI is InChI=1S/C28H33Si2/c1-2-3-4-5-6-7-17-24-28(29-25-18-11-8-12-19-25)30(26-20-13-9-14-21-26)27-22-15-10-16-23-27/h8-16,18-24H,2-7,17H2,1H3/b28-24-. The molecule has 0 saturated carbocycles. The van der Waals surface area contributed by atoms with Crippen molar-refractivity contribution in [3.8, 4) is 0 Å². The van der Waals surface area contributed by atoms with E-state index in [1.165, 1.54) is 60.5 Å². The van der Waals surface area contributed by atoms with Gasteiger partial charge in [-0.3, -0.25) is 0 Å². The second-order valence-corrected chi connectivity index (χ2v) is 12.1. The lowest BCUT2D eigenvalue weighted by Crippen LogP contribution is -2.47. The summed E-state index contributed by atoms with van der Waals surface area (Å²) in [5.74, 6) is 0. The molecule has 0 aliphatic carbocycles. The Kier molecular flexibility index (Phi) is 9.91. The maximum atomic E-state index is 2.60. The summed E-state index contributed by atoms with van der Waals surface area (Å²) in [5.41, 5.74) is 0. The van der Waals surface area contributed by atoms with Crippen LogP contribution in [-0.4, -0.2) is 18.3 Å². The van der Waals surface area contributed by atoms with Gasteiger partial charge in [0.05, 0.1) is 0 Å². The molecule has 0 fully saturated rings. The molecule has 2 heteroatoms. The molecular formula is C28H33Si2. The van der Waals surface area contributed by atoms with Gasteiger partial charge >= 0.3 is 0 Å². The van der Waals surface area contributed by atoms with Gasteiger partial charge in [-0.15, -0.1) is 0 Å². The van der Waals surface area contributed by atoms with E-state index in [1.54, 1.807) is 4.82 Å². The molecule has 0 nitrogen and oxygen atoms in total. The van der Waals surface area contributed by atoms with E-state index in [-0.39, 0.29) is 0 Å². The largest absolute Gasteiger partial charge is 0.146 e. The van der Waals surface area contributed by atoms with Crippen LogP contribution in [0.2, 0.25) is 0 Å². The minimum atomic E-state index is -0.963. The van der Waals surface area contributed by atoms with Gasteiger partial charge in [-0.2, -0.15) is 0 Å². The molecule has 0 amide bonds. The highest BCUT2D eigenvalue weighted by Crippen LogP contribution is 2.11. The Labute approximate surface area is 187 Å². The Morgan fingerprint density at radius 3 is 1.73 bits per heavy atom. The molecule has 0 heterocycles. The van der Waals surface area contributed by atoms with Crippen LogP contribution < -0.4 is 15.6 Å². The number of hydrogen-bond donors (Lipinski definition) is 0. The zero-order valence-corrected chi connectivity index (χ0v) is 20.2. The topological polar surface area (TPSA) is 0 Å². The number of benzene rings is 3. The van der Waals surface area contributed by atoms with Crippen molar-refractivity contribution >= 4 is 33.9 Å². The van der Waals surface area contributed by atoms with E-state index in [1.807, 2.05) is 0 Å². The van der Waals surface area contributed by atoms with Crippen molar-refractivity contribution in [3.05, 3.63) is 102 Å². The molecule has 0 N–H and O–H groups in total. The van der Waals surface area contributed by atoms with Gasteiger partial charge in [0.1, 0.15) is 18.3 Å². The quantitative estimate of drug-likeness (QED) is 0.265. The number of hydrogen-bond acceptors (Lipinski definition) is 0. The Bertz CT molecular complexity index is 817. The monoisotopic (exact) mass is 425 g/mol. The highest BCUT2D eigenvalue weighted by atomic mass is 28.3. The summed E-state index contributed by atoms with van der Waals surface area (Å²) >= 11 is 0. The minimum absolute atomic E-state index is 0.746. The molecule has 0 unspecified atom stereocenters. The van der Waals surface area contributed by atoms with Crippen LogP contribution in [0.5, 0.6) is 0 Å². The fraction of sp³-hybridized carbons (Fsp3) is 0.286. The van der Waals surface area contributed by atoms with Crippen LogP contribution in [0.1, 0.15) is 51.9 Å². The molecule has 0 saturated heterocycles. The first kappa shape index (κ1) is 22.5. The molecule has 0 bridgehead atoms. The summed E-state index contributed by atoms with van der Waals surface area (Å²) in [5, 5.41) is 4.43. The number of allylic oxidation sites excluding steroid dienone is 1. The Morgan fingerprint density at radius 2 is 1.17 bits per heavy atom. The third-order valence-electron chi connectivity index (χ3n) is 5.35. The molecular weight excluding hydrogens is 392 g/mol. The van der Waals surface area contributed by atoms with Crippen molar-refractivity contribution in [3.63, 3.8) is 0 Å². The fourth-order valence-corrected chi connectivity index (χ4v) is 8.82. The Balaban J connectivity index is 1.84. The fourth-order valence-electron chi connectivity index (χ4n) is 3.75. The molecule has 153 valence electrons. The average Bonchev–Trinajstić information content (AvgIpc) is 2.80. The van der Waals surface area contributed by atoms with Gasteiger partial charge in [0.15, 0.2) is 0 Å². The van der Waals surface area contributed by atoms with E-state index in [0.29, 0.717) is 0 Å². The summed E-state index contributed by atoms with van der Waals surface area (Å²) in [6.07, 6.45) is 11.9. The molecule has 0 aromatic heterocycles. The predicted molar refractivity (Wildman–Crippen MR) is 136 cm³/mol. The first-order valence-corrected chi connectivity index (χ1v) is 13.9. The second-order valence-electron chi connectivity index (χ2n) is 7.77. The normalized spacial score (nSPS) is 11.7. The van der Waals surface area contributed by atoms with E-state index in [0.717, 1.165) is 9.52 Å². The Hall–Kier alpha value is -2.17. The lowest BCUT2D eigenvalue weighted by atomic mass is 10.1. The first-order valence-electron chi connectivity index (χ1n) is 11.4. The summed E-state index contributed by atoms with van der Waals surface area (Å²) in [6, 6.07) is 33.4. The van der Waals surface area contributed by atoms with Crippen LogP contribution in [0.4, 0.5) is 0 Å². The third kappa shape index (κ3) is 7.26. The lowest BCUT2D eigenvalue weighted by Gasteiger charge is -2.20. The highest BCUT2D eigenvalue weighted by Gasteiger charge is 2.22. The van der Waals surface area contributed by atoms with Crippen molar-refractivity contribution in [1.82, 2.24) is 0 Å². The smallest absolute Gasteiger partial charge is 0.0925 e. The number of rotatable bonds is 12. The third-order valence-corrected chi connectivity index (χ3v) is 10.1. The van der Waals surface area contributed by atoms with Gasteiger partial charge in [-0.1, -0.05) is 156 Å². The van der Waals surface area contributed by atoms with Gasteiger partial charge < -0.3 is 0 Å². The summed E-state index contributed by atoms with van der Waals surface area (Å²) < 4.78 is 0. The predicted octanol–water partition coefficient (Wildman–Crippen LogP) is 5.50.